The number of morpholine rings is 1. The Balaban J connectivity index is 1.51. The quantitative estimate of drug-likeness (QED) is 0.829. The Labute approximate surface area is 154 Å². The van der Waals surface area contributed by atoms with Crippen molar-refractivity contribution in [3.05, 3.63) is 24.3 Å². The van der Waals surface area contributed by atoms with Crippen LogP contribution in [0.4, 0.5) is 11.4 Å². The van der Waals surface area contributed by atoms with Gasteiger partial charge in [-0.2, -0.15) is 0 Å². The zero-order valence-electron chi connectivity index (χ0n) is 15.2. The first kappa shape index (κ1) is 17.3. The molecule has 0 bridgehead atoms. The van der Waals surface area contributed by atoms with Gasteiger partial charge >= 0.3 is 0 Å². The molecule has 0 N–H and O–H groups in total. The van der Waals surface area contributed by atoms with Gasteiger partial charge in [0.25, 0.3) is 0 Å². The summed E-state index contributed by atoms with van der Waals surface area (Å²) in [5.74, 6) is 0.00354. The van der Waals surface area contributed by atoms with Gasteiger partial charge in [-0.3, -0.25) is 9.59 Å². The van der Waals surface area contributed by atoms with Gasteiger partial charge in [-0.25, -0.2) is 0 Å². The van der Waals surface area contributed by atoms with E-state index in [1.165, 1.54) is 6.42 Å². The Morgan fingerprint density at radius 2 is 1.65 bits per heavy atom. The van der Waals surface area contributed by atoms with E-state index in [4.69, 9.17) is 4.74 Å². The van der Waals surface area contributed by atoms with E-state index < -0.39 is 0 Å². The van der Waals surface area contributed by atoms with Gasteiger partial charge in [-0.15, -0.1) is 0 Å². The number of carbonyl (C=O) groups is 2. The van der Waals surface area contributed by atoms with Gasteiger partial charge in [0, 0.05) is 39.1 Å². The number of likely N-dealkylation sites (tertiary alicyclic amines) is 1. The summed E-state index contributed by atoms with van der Waals surface area (Å²) >= 11 is 0. The Morgan fingerprint density at radius 1 is 0.962 bits per heavy atom. The van der Waals surface area contributed by atoms with E-state index in [0.29, 0.717) is 26.2 Å². The highest BCUT2D eigenvalue weighted by Crippen LogP contribution is 2.34. The summed E-state index contributed by atoms with van der Waals surface area (Å²) in [6.45, 7) is 5.25. The number of anilines is 2. The molecule has 1 aromatic rings. The molecule has 0 radical (unpaired) electrons. The molecule has 0 saturated carbocycles. The normalized spacial score (nSPS) is 24.2. The van der Waals surface area contributed by atoms with Gasteiger partial charge in [-0.05, 0) is 31.4 Å². The zero-order valence-corrected chi connectivity index (χ0v) is 15.2. The Morgan fingerprint density at radius 3 is 2.38 bits per heavy atom. The third kappa shape index (κ3) is 3.43. The number of hydrogen-bond acceptors (Lipinski definition) is 4. The van der Waals surface area contributed by atoms with Crippen molar-refractivity contribution in [2.24, 2.45) is 5.92 Å². The summed E-state index contributed by atoms with van der Waals surface area (Å²) in [7, 11) is 0. The van der Waals surface area contributed by atoms with Crippen molar-refractivity contribution < 1.29 is 14.3 Å². The van der Waals surface area contributed by atoms with Crippen molar-refractivity contribution in [1.82, 2.24) is 4.90 Å². The monoisotopic (exact) mass is 357 g/mol. The molecule has 0 spiro atoms. The van der Waals surface area contributed by atoms with Gasteiger partial charge < -0.3 is 19.4 Å². The highest BCUT2D eigenvalue weighted by Gasteiger charge is 2.38. The maximum Gasteiger partial charge on any atom is 0.228 e. The standard InChI is InChI=1S/C20H27N3O3/c24-19-14-16(20(25)22-8-4-1-5-9-22)15-23(19)18-7-3-2-6-17(18)21-10-12-26-13-11-21/h2-3,6-7,16H,1,4-5,8-15H2. The van der Waals surface area contributed by atoms with Crippen molar-refractivity contribution in [2.45, 2.75) is 25.7 Å². The van der Waals surface area contributed by atoms with Crippen LogP contribution in [0.1, 0.15) is 25.7 Å². The fourth-order valence-electron chi connectivity index (χ4n) is 4.24. The molecule has 6 heteroatoms. The van der Waals surface area contributed by atoms with Crippen LogP contribution in [0.3, 0.4) is 0 Å². The second-order valence-corrected chi connectivity index (χ2v) is 7.38. The molecule has 3 heterocycles. The van der Waals surface area contributed by atoms with Crippen LogP contribution in [0.25, 0.3) is 0 Å². The fraction of sp³-hybridized carbons (Fsp3) is 0.600. The minimum atomic E-state index is -0.210. The summed E-state index contributed by atoms with van der Waals surface area (Å²) < 4.78 is 5.45. The first-order valence-electron chi connectivity index (χ1n) is 9.75. The second kappa shape index (κ2) is 7.66. The van der Waals surface area contributed by atoms with Crippen LogP contribution < -0.4 is 9.80 Å². The summed E-state index contributed by atoms with van der Waals surface area (Å²) in [6.07, 6.45) is 3.69. The summed E-state index contributed by atoms with van der Waals surface area (Å²) in [6, 6.07) is 8.03. The van der Waals surface area contributed by atoms with E-state index in [1.807, 2.05) is 28.0 Å². The lowest BCUT2D eigenvalue weighted by molar-refractivity contribution is -0.136. The zero-order chi connectivity index (χ0) is 17.9. The lowest BCUT2D eigenvalue weighted by atomic mass is 10.0. The topological polar surface area (TPSA) is 53.1 Å². The van der Waals surface area contributed by atoms with E-state index in [0.717, 1.165) is 50.4 Å². The van der Waals surface area contributed by atoms with Crippen LogP contribution in [0.2, 0.25) is 0 Å². The minimum absolute atomic E-state index is 0.0565. The highest BCUT2D eigenvalue weighted by atomic mass is 16.5. The van der Waals surface area contributed by atoms with Gasteiger partial charge in [0.05, 0.1) is 30.5 Å². The number of amides is 2. The predicted octanol–water partition coefficient (Wildman–Crippen LogP) is 1.89. The van der Waals surface area contributed by atoms with Gasteiger partial charge in [0.15, 0.2) is 0 Å². The van der Waals surface area contributed by atoms with Crippen LogP contribution in [-0.2, 0) is 14.3 Å². The van der Waals surface area contributed by atoms with Gasteiger partial charge in [0.1, 0.15) is 0 Å². The van der Waals surface area contributed by atoms with Crippen LogP contribution in [0.15, 0.2) is 24.3 Å². The lowest BCUT2D eigenvalue weighted by Crippen LogP contribution is -2.41. The molecule has 1 aromatic carbocycles. The maximum absolute atomic E-state index is 12.8. The maximum atomic E-state index is 12.8. The second-order valence-electron chi connectivity index (χ2n) is 7.38. The molecule has 1 atom stereocenters. The molecule has 0 aromatic heterocycles. The summed E-state index contributed by atoms with van der Waals surface area (Å²) in [5.41, 5.74) is 1.99. The molecule has 0 aliphatic carbocycles. The Bertz CT molecular complexity index is 666. The van der Waals surface area contributed by atoms with Crippen molar-refractivity contribution in [3.63, 3.8) is 0 Å². The average molecular weight is 357 g/mol. The largest absolute Gasteiger partial charge is 0.378 e. The molecule has 6 nitrogen and oxygen atoms in total. The molecule has 26 heavy (non-hydrogen) atoms. The molecule has 140 valence electrons. The average Bonchev–Trinajstić information content (AvgIpc) is 3.10. The molecular formula is C20H27N3O3. The number of hydrogen-bond donors (Lipinski definition) is 0. The molecule has 3 saturated heterocycles. The van der Waals surface area contributed by atoms with Crippen molar-refractivity contribution >= 4 is 23.2 Å². The molecule has 1 unspecified atom stereocenters. The smallest absolute Gasteiger partial charge is 0.228 e. The van der Waals surface area contributed by atoms with E-state index in [2.05, 4.69) is 11.0 Å². The van der Waals surface area contributed by atoms with Crippen molar-refractivity contribution in [3.8, 4) is 0 Å². The van der Waals surface area contributed by atoms with Crippen molar-refractivity contribution in [2.75, 3.05) is 55.7 Å². The third-order valence-electron chi connectivity index (χ3n) is 5.67. The molecule has 3 aliphatic rings. The fourth-order valence-corrected chi connectivity index (χ4v) is 4.24. The predicted molar refractivity (Wildman–Crippen MR) is 100 cm³/mol. The number of benzene rings is 1. The first-order chi connectivity index (χ1) is 12.7. The number of ether oxygens (including phenoxy) is 1. The highest BCUT2D eigenvalue weighted by molar-refractivity contribution is 6.02. The number of piperidine rings is 1. The Kier molecular flexibility index (Phi) is 5.11. The van der Waals surface area contributed by atoms with Crippen LogP contribution >= 0.6 is 0 Å². The van der Waals surface area contributed by atoms with Crippen LogP contribution in [0, 0.1) is 5.92 Å². The molecule has 3 fully saturated rings. The Hall–Kier alpha value is -2.08. The van der Waals surface area contributed by atoms with Crippen molar-refractivity contribution in [1.29, 1.82) is 0 Å². The minimum Gasteiger partial charge on any atom is -0.378 e. The number of para-hydroxylation sites is 2. The molecule has 3 aliphatic heterocycles. The third-order valence-corrected chi connectivity index (χ3v) is 5.67. The van der Waals surface area contributed by atoms with E-state index >= 15 is 0 Å². The van der Waals surface area contributed by atoms with Gasteiger partial charge in [-0.1, -0.05) is 12.1 Å². The van der Waals surface area contributed by atoms with Crippen LogP contribution in [-0.4, -0.2) is 62.7 Å². The van der Waals surface area contributed by atoms with E-state index in [1.54, 1.807) is 0 Å². The lowest BCUT2D eigenvalue weighted by Gasteiger charge is -2.32. The van der Waals surface area contributed by atoms with E-state index in [-0.39, 0.29) is 17.7 Å². The first-order valence-corrected chi connectivity index (χ1v) is 9.75. The van der Waals surface area contributed by atoms with Crippen LogP contribution in [0.5, 0.6) is 0 Å². The summed E-state index contributed by atoms with van der Waals surface area (Å²) in [4.78, 5) is 31.6. The summed E-state index contributed by atoms with van der Waals surface area (Å²) in [5, 5.41) is 0. The molecular weight excluding hydrogens is 330 g/mol. The number of rotatable bonds is 3. The SMILES string of the molecule is O=C(C1CC(=O)N(c2ccccc2N2CCOCC2)C1)N1CCCCC1. The number of carbonyl (C=O) groups excluding carboxylic acids is 2. The van der Waals surface area contributed by atoms with E-state index in [9.17, 15) is 9.59 Å². The molecule has 4 rings (SSSR count). The molecule has 2 amide bonds. The number of nitrogens with zero attached hydrogens (tertiary/aromatic N) is 3. The van der Waals surface area contributed by atoms with Gasteiger partial charge in [0.2, 0.25) is 11.8 Å².